The summed E-state index contributed by atoms with van der Waals surface area (Å²) in [6, 6.07) is 8.67. The number of benzene rings is 1. The highest BCUT2D eigenvalue weighted by molar-refractivity contribution is 5.22. The fourth-order valence-corrected chi connectivity index (χ4v) is 2.12. The molecule has 0 saturated carbocycles. The summed E-state index contributed by atoms with van der Waals surface area (Å²) in [5, 5.41) is 18.2. The van der Waals surface area contributed by atoms with E-state index >= 15 is 0 Å². The van der Waals surface area contributed by atoms with Gasteiger partial charge in [0.15, 0.2) is 0 Å². The Morgan fingerprint density at radius 3 is 2.22 bits per heavy atom. The Hall–Kier alpha value is -0.900. The predicted molar refractivity (Wildman–Crippen MR) is 74.5 cm³/mol. The maximum atomic E-state index is 9.27. The van der Waals surface area contributed by atoms with Crippen molar-refractivity contribution in [2.24, 2.45) is 0 Å². The van der Waals surface area contributed by atoms with Crippen LogP contribution in [0, 0.1) is 0 Å². The SMILES string of the molecule is CCCc1ccc(CN(C)C(CO)CCO)cc1. The lowest BCUT2D eigenvalue weighted by molar-refractivity contribution is 0.115. The van der Waals surface area contributed by atoms with Crippen LogP contribution in [0.15, 0.2) is 24.3 Å². The summed E-state index contributed by atoms with van der Waals surface area (Å²) in [4.78, 5) is 2.09. The minimum absolute atomic E-state index is 0.0327. The van der Waals surface area contributed by atoms with Crippen LogP contribution in [0.3, 0.4) is 0 Å². The Kier molecular flexibility index (Phi) is 6.94. The molecule has 1 aromatic rings. The van der Waals surface area contributed by atoms with E-state index in [1.54, 1.807) is 0 Å². The minimum atomic E-state index is 0.0327. The van der Waals surface area contributed by atoms with Crippen molar-refractivity contribution in [2.45, 2.75) is 38.8 Å². The van der Waals surface area contributed by atoms with Crippen LogP contribution in [0.5, 0.6) is 0 Å². The molecule has 0 aliphatic rings. The largest absolute Gasteiger partial charge is 0.396 e. The van der Waals surface area contributed by atoms with Crippen molar-refractivity contribution in [3.63, 3.8) is 0 Å². The highest BCUT2D eigenvalue weighted by Crippen LogP contribution is 2.11. The fraction of sp³-hybridized carbons (Fsp3) is 0.600. The van der Waals surface area contributed by atoms with E-state index in [9.17, 15) is 5.11 Å². The molecule has 18 heavy (non-hydrogen) atoms. The van der Waals surface area contributed by atoms with E-state index in [2.05, 4.69) is 36.1 Å². The number of hydrogen-bond acceptors (Lipinski definition) is 3. The van der Waals surface area contributed by atoms with Crippen LogP contribution >= 0.6 is 0 Å². The molecule has 1 rings (SSSR count). The first-order valence-electron chi connectivity index (χ1n) is 6.71. The van der Waals surface area contributed by atoms with Crippen molar-refractivity contribution in [3.05, 3.63) is 35.4 Å². The third-order valence-corrected chi connectivity index (χ3v) is 3.29. The van der Waals surface area contributed by atoms with Gasteiger partial charge in [0.25, 0.3) is 0 Å². The third kappa shape index (κ3) is 4.77. The molecule has 0 heterocycles. The molecule has 2 N–H and O–H groups in total. The normalized spacial score (nSPS) is 12.9. The molecule has 3 nitrogen and oxygen atoms in total. The number of rotatable bonds is 8. The average Bonchev–Trinajstić information content (AvgIpc) is 2.38. The van der Waals surface area contributed by atoms with E-state index in [4.69, 9.17) is 5.11 Å². The average molecular weight is 251 g/mol. The van der Waals surface area contributed by atoms with E-state index < -0.39 is 0 Å². The van der Waals surface area contributed by atoms with Crippen LogP contribution in [0.25, 0.3) is 0 Å². The van der Waals surface area contributed by atoms with Gasteiger partial charge >= 0.3 is 0 Å². The van der Waals surface area contributed by atoms with Crippen LogP contribution in [-0.2, 0) is 13.0 Å². The van der Waals surface area contributed by atoms with E-state index in [0.29, 0.717) is 6.42 Å². The van der Waals surface area contributed by atoms with Crippen molar-refractivity contribution in [2.75, 3.05) is 20.3 Å². The monoisotopic (exact) mass is 251 g/mol. The molecular weight excluding hydrogens is 226 g/mol. The summed E-state index contributed by atoms with van der Waals surface area (Å²) in [5.74, 6) is 0. The quantitative estimate of drug-likeness (QED) is 0.740. The van der Waals surface area contributed by atoms with Crippen LogP contribution < -0.4 is 0 Å². The van der Waals surface area contributed by atoms with Gasteiger partial charge in [0.2, 0.25) is 0 Å². The summed E-state index contributed by atoms with van der Waals surface area (Å²) < 4.78 is 0. The van der Waals surface area contributed by atoms with Crippen molar-refractivity contribution in [1.29, 1.82) is 0 Å². The Balaban J connectivity index is 2.55. The van der Waals surface area contributed by atoms with Gasteiger partial charge in [-0.3, -0.25) is 4.90 Å². The molecule has 1 unspecified atom stereocenters. The molecule has 1 aromatic carbocycles. The predicted octanol–water partition coefficient (Wildman–Crippen LogP) is 1.81. The lowest BCUT2D eigenvalue weighted by Gasteiger charge is -2.25. The van der Waals surface area contributed by atoms with Crippen LogP contribution in [-0.4, -0.2) is 41.4 Å². The Labute approximate surface area is 110 Å². The molecular formula is C15H25NO2. The number of nitrogens with zero attached hydrogens (tertiary/aromatic N) is 1. The van der Waals surface area contributed by atoms with Crippen molar-refractivity contribution in [3.8, 4) is 0 Å². The number of aliphatic hydroxyl groups excluding tert-OH is 2. The topological polar surface area (TPSA) is 43.7 Å². The van der Waals surface area contributed by atoms with E-state index in [1.165, 1.54) is 17.5 Å². The highest BCUT2D eigenvalue weighted by atomic mass is 16.3. The Bertz CT molecular complexity index is 324. The first kappa shape index (κ1) is 15.2. The van der Waals surface area contributed by atoms with Crippen LogP contribution in [0.4, 0.5) is 0 Å². The molecule has 0 aromatic heterocycles. The first-order chi connectivity index (χ1) is 8.71. The van der Waals surface area contributed by atoms with E-state index in [0.717, 1.165) is 13.0 Å². The van der Waals surface area contributed by atoms with Gasteiger partial charge in [-0.25, -0.2) is 0 Å². The summed E-state index contributed by atoms with van der Waals surface area (Å²) in [6.07, 6.45) is 2.91. The molecule has 102 valence electrons. The standard InChI is InChI=1S/C15H25NO2/c1-3-4-13-5-7-14(8-6-13)11-16(2)15(12-18)9-10-17/h5-8,15,17-18H,3-4,9-12H2,1-2H3. The number of aryl methyl sites for hydroxylation is 1. The molecule has 0 saturated heterocycles. The van der Waals surface area contributed by atoms with Gasteiger partial charge in [0, 0.05) is 19.2 Å². The summed E-state index contributed by atoms with van der Waals surface area (Å²) in [5.41, 5.74) is 2.62. The zero-order valence-corrected chi connectivity index (χ0v) is 11.5. The molecule has 0 amide bonds. The summed E-state index contributed by atoms with van der Waals surface area (Å²) in [6.45, 7) is 3.19. The molecule has 0 spiro atoms. The highest BCUT2D eigenvalue weighted by Gasteiger charge is 2.13. The van der Waals surface area contributed by atoms with Gasteiger partial charge in [-0.05, 0) is 31.0 Å². The van der Waals surface area contributed by atoms with Gasteiger partial charge in [0.1, 0.15) is 0 Å². The van der Waals surface area contributed by atoms with Crippen LogP contribution in [0.2, 0.25) is 0 Å². The lowest BCUT2D eigenvalue weighted by atomic mass is 10.1. The summed E-state index contributed by atoms with van der Waals surface area (Å²) in [7, 11) is 1.98. The molecule has 3 heteroatoms. The number of hydrogen-bond donors (Lipinski definition) is 2. The maximum absolute atomic E-state index is 9.27. The molecule has 0 fully saturated rings. The van der Waals surface area contributed by atoms with Crippen molar-refractivity contribution < 1.29 is 10.2 Å². The second-order valence-corrected chi connectivity index (χ2v) is 4.83. The fourth-order valence-electron chi connectivity index (χ4n) is 2.12. The second-order valence-electron chi connectivity index (χ2n) is 4.83. The smallest absolute Gasteiger partial charge is 0.0587 e. The Morgan fingerprint density at radius 1 is 1.11 bits per heavy atom. The van der Waals surface area contributed by atoms with Gasteiger partial charge in [-0.15, -0.1) is 0 Å². The zero-order valence-electron chi connectivity index (χ0n) is 11.5. The molecule has 0 radical (unpaired) electrons. The number of aliphatic hydroxyl groups is 2. The maximum Gasteiger partial charge on any atom is 0.0587 e. The summed E-state index contributed by atoms with van der Waals surface area (Å²) >= 11 is 0. The molecule has 0 bridgehead atoms. The van der Waals surface area contributed by atoms with Crippen LogP contribution in [0.1, 0.15) is 30.9 Å². The molecule has 0 aliphatic heterocycles. The van der Waals surface area contributed by atoms with E-state index in [-0.39, 0.29) is 19.3 Å². The lowest BCUT2D eigenvalue weighted by Crippen LogP contribution is -2.35. The van der Waals surface area contributed by atoms with Gasteiger partial charge in [0.05, 0.1) is 6.61 Å². The van der Waals surface area contributed by atoms with E-state index in [1.807, 2.05) is 7.05 Å². The van der Waals surface area contributed by atoms with Gasteiger partial charge in [-0.1, -0.05) is 37.6 Å². The minimum Gasteiger partial charge on any atom is -0.396 e. The van der Waals surface area contributed by atoms with Crippen molar-refractivity contribution in [1.82, 2.24) is 4.90 Å². The molecule has 1 atom stereocenters. The second kappa shape index (κ2) is 8.25. The number of likely N-dealkylation sites (N-methyl/N-ethyl adjacent to an activating group) is 1. The third-order valence-electron chi connectivity index (χ3n) is 3.29. The first-order valence-corrected chi connectivity index (χ1v) is 6.71. The van der Waals surface area contributed by atoms with Gasteiger partial charge < -0.3 is 10.2 Å². The zero-order chi connectivity index (χ0) is 13.4. The molecule has 0 aliphatic carbocycles. The van der Waals surface area contributed by atoms with Gasteiger partial charge in [-0.2, -0.15) is 0 Å². The Morgan fingerprint density at radius 2 is 1.72 bits per heavy atom. The van der Waals surface area contributed by atoms with Crippen molar-refractivity contribution >= 4 is 0 Å².